The number of benzene rings is 3. The van der Waals surface area contributed by atoms with E-state index in [2.05, 4.69) is 11.1 Å². The van der Waals surface area contributed by atoms with Crippen LogP contribution in [-0.2, 0) is 13.2 Å². The topological polar surface area (TPSA) is 76.4 Å². The minimum atomic E-state index is -1.22. The van der Waals surface area contributed by atoms with Gasteiger partial charge in [0.15, 0.2) is 0 Å². The Hall–Kier alpha value is -3.06. The number of carbonyl (C=O) groups is 1. The van der Waals surface area contributed by atoms with Crippen LogP contribution in [0.25, 0.3) is 16.6 Å². The quantitative estimate of drug-likeness (QED) is 0.436. The van der Waals surface area contributed by atoms with Crippen molar-refractivity contribution in [2.45, 2.75) is 13.2 Å². The molecule has 0 amide bonds. The van der Waals surface area contributed by atoms with E-state index in [9.17, 15) is 9.90 Å². The molecule has 1 aliphatic rings. The van der Waals surface area contributed by atoms with Crippen molar-refractivity contribution in [3.63, 3.8) is 0 Å². The standard InChI is InChI=1S/C25H20N2O4.Na/c1-30-18-7-8-22-23(13-18)27(15-26-22)11-10-20-19-5-3-2-4-17(19)14-31-24-9-6-16(25(28)29)12-21(20)24;/h2-10,12-13,15H,11,14H2,1H3,(H,28,29);/q;+1/p-1/b20-10+;. The Morgan fingerprint density at radius 2 is 2.00 bits per heavy atom. The van der Waals surface area contributed by atoms with Crippen LogP contribution in [0, 0.1) is 0 Å². The molecule has 7 heteroatoms. The summed E-state index contributed by atoms with van der Waals surface area (Å²) >= 11 is 0. The molecule has 1 aromatic heterocycles. The summed E-state index contributed by atoms with van der Waals surface area (Å²) in [6.07, 6.45) is 3.87. The van der Waals surface area contributed by atoms with Crippen LogP contribution in [0.4, 0.5) is 0 Å². The molecule has 0 spiro atoms. The van der Waals surface area contributed by atoms with Gasteiger partial charge in [-0.15, -0.1) is 0 Å². The van der Waals surface area contributed by atoms with E-state index in [4.69, 9.17) is 9.47 Å². The van der Waals surface area contributed by atoms with Crippen LogP contribution in [0.5, 0.6) is 11.5 Å². The average molecular weight is 434 g/mol. The number of carboxylic acids is 1. The first-order valence-corrected chi connectivity index (χ1v) is 9.90. The fourth-order valence-corrected chi connectivity index (χ4v) is 3.92. The summed E-state index contributed by atoms with van der Waals surface area (Å²) in [5.74, 6) is 0.191. The van der Waals surface area contributed by atoms with Crippen molar-refractivity contribution in [1.29, 1.82) is 0 Å². The molecule has 2 heterocycles. The molecule has 0 unspecified atom stereocenters. The van der Waals surface area contributed by atoms with E-state index in [1.807, 2.05) is 47.0 Å². The van der Waals surface area contributed by atoms with Gasteiger partial charge in [-0.05, 0) is 52.6 Å². The number of ether oxygens (including phenoxy) is 2. The first-order chi connectivity index (χ1) is 15.1. The number of imidazole rings is 1. The normalized spacial score (nSPS) is 13.5. The number of carbonyl (C=O) groups excluding carboxylic acids is 1. The third-order valence-electron chi connectivity index (χ3n) is 5.52. The summed E-state index contributed by atoms with van der Waals surface area (Å²) < 4.78 is 13.4. The molecule has 154 valence electrons. The molecule has 4 aromatic rings. The molecule has 1 aliphatic heterocycles. The van der Waals surface area contributed by atoms with Crippen molar-refractivity contribution in [2.75, 3.05) is 7.11 Å². The monoisotopic (exact) mass is 434 g/mol. The second-order valence-electron chi connectivity index (χ2n) is 7.31. The molecule has 0 bridgehead atoms. The van der Waals surface area contributed by atoms with E-state index in [1.165, 1.54) is 6.07 Å². The van der Waals surface area contributed by atoms with Gasteiger partial charge in [-0.2, -0.15) is 0 Å². The minimum Gasteiger partial charge on any atom is -0.545 e. The van der Waals surface area contributed by atoms with Gasteiger partial charge in [-0.1, -0.05) is 30.3 Å². The SMILES string of the molecule is COc1ccc2ncn(C/C=C3\c4ccccc4COc4ccc(C(=O)[O-])cc43)c2c1.[Na+]. The van der Waals surface area contributed by atoms with Crippen molar-refractivity contribution < 1.29 is 48.9 Å². The molecule has 0 N–H and O–H groups in total. The van der Waals surface area contributed by atoms with E-state index >= 15 is 0 Å². The first kappa shape index (κ1) is 22.1. The predicted molar refractivity (Wildman–Crippen MR) is 115 cm³/mol. The van der Waals surface area contributed by atoms with Crippen LogP contribution < -0.4 is 44.1 Å². The first-order valence-electron chi connectivity index (χ1n) is 9.90. The second kappa shape index (κ2) is 9.20. The summed E-state index contributed by atoms with van der Waals surface area (Å²) in [5.41, 5.74) is 5.65. The van der Waals surface area contributed by atoms with Gasteiger partial charge in [0, 0.05) is 18.2 Å². The van der Waals surface area contributed by atoms with Gasteiger partial charge >= 0.3 is 29.6 Å². The molecule has 0 saturated carbocycles. The molecule has 0 saturated heterocycles. The fourth-order valence-electron chi connectivity index (χ4n) is 3.92. The summed E-state index contributed by atoms with van der Waals surface area (Å²) in [6.45, 7) is 0.957. The third-order valence-corrected chi connectivity index (χ3v) is 5.52. The molecule has 0 fully saturated rings. The van der Waals surface area contributed by atoms with E-state index < -0.39 is 5.97 Å². The van der Waals surface area contributed by atoms with Crippen LogP contribution in [0.2, 0.25) is 0 Å². The Labute approximate surface area is 207 Å². The van der Waals surface area contributed by atoms with Crippen molar-refractivity contribution in [3.8, 4) is 11.5 Å². The van der Waals surface area contributed by atoms with Crippen molar-refractivity contribution in [2.24, 2.45) is 0 Å². The molecule has 0 aliphatic carbocycles. The van der Waals surface area contributed by atoms with Gasteiger partial charge in [0.05, 0.1) is 30.4 Å². The fraction of sp³-hybridized carbons (Fsp3) is 0.120. The van der Waals surface area contributed by atoms with E-state index in [0.717, 1.165) is 39.0 Å². The van der Waals surface area contributed by atoms with Crippen molar-refractivity contribution >= 4 is 22.6 Å². The molecule has 5 rings (SSSR count). The van der Waals surface area contributed by atoms with Crippen LogP contribution in [0.3, 0.4) is 0 Å². The van der Waals surface area contributed by atoms with Gasteiger partial charge < -0.3 is 23.9 Å². The Morgan fingerprint density at radius 3 is 2.81 bits per heavy atom. The molecule has 0 radical (unpaired) electrons. The van der Waals surface area contributed by atoms with Gasteiger partial charge in [0.2, 0.25) is 0 Å². The van der Waals surface area contributed by atoms with Crippen LogP contribution in [0.15, 0.2) is 73.1 Å². The zero-order valence-electron chi connectivity index (χ0n) is 17.9. The minimum absolute atomic E-state index is 0. The van der Waals surface area contributed by atoms with Crippen LogP contribution >= 0.6 is 0 Å². The molecule has 0 atom stereocenters. The summed E-state index contributed by atoms with van der Waals surface area (Å²) in [7, 11) is 1.64. The third kappa shape index (κ3) is 4.05. The van der Waals surface area contributed by atoms with Gasteiger partial charge in [0.25, 0.3) is 0 Å². The van der Waals surface area contributed by atoms with Crippen molar-refractivity contribution in [3.05, 3.63) is 95.3 Å². The Bertz CT molecular complexity index is 1340. The number of carboxylic acid groups (broad SMARTS) is 1. The molecule has 32 heavy (non-hydrogen) atoms. The van der Waals surface area contributed by atoms with Crippen molar-refractivity contribution in [1.82, 2.24) is 9.55 Å². The maximum absolute atomic E-state index is 11.5. The van der Waals surface area contributed by atoms with Gasteiger partial charge in [-0.3, -0.25) is 0 Å². The van der Waals surface area contributed by atoms with E-state index in [1.54, 1.807) is 25.6 Å². The molecule has 6 nitrogen and oxygen atoms in total. The molecule has 3 aromatic carbocycles. The summed E-state index contributed by atoms with van der Waals surface area (Å²) in [6, 6.07) is 18.6. The Kier molecular flexibility index (Phi) is 6.37. The largest absolute Gasteiger partial charge is 1.00 e. The second-order valence-corrected chi connectivity index (χ2v) is 7.31. The van der Waals surface area contributed by atoms with E-state index in [0.29, 0.717) is 18.9 Å². The number of fused-ring (bicyclic) bond motifs is 3. The zero-order valence-corrected chi connectivity index (χ0v) is 19.9. The zero-order chi connectivity index (χ0) is 21.4. The maximum Gasteiger partial charge on any atom is 1.00 e. The van der Waals surface area contributed by atoms with Gasteiger partial charge in [-0.25, -0.2) is 4.98 Å². The van der Waals surface area contributed by atoms with Gasteiger partial charge in [0.1, 0.15) is 18.1 Å². The van der Waals surface area contributed by atoms with E-state index in [-0.39, 0.29) is 35.1 Å². The molecular formula is C25H19N2NaO4. The number of nitrogens with zero attached hydrogens (tertiary/aromatic N) is 2. The maximum atomic E-state index is 11.5. The average Bonchev–Trinajstić information content (AvgIpc) is 3.13. The Balaban J connectivity index is 0.00000245. The molecular weight excluding hydrogens is 415 g/mol. The number of allylic oxidation sites excluding steroid dienone is 1. The van der Waals surface area contributed by atoms with Crippen LogP contribution in [0.1, 0.15) is 27.0 Å². The number of hydrogen-bond acceptors (Lipinski definition) is 5. The summed E-state index contributed by atoms with van der Waals surface area (Å²) in [5, 5.41) is 11.5. The number of aromatic nitrogens is 2. The number of hydrogen-bond donors (Lipinski definition) is 0. The smallest absolute Gasteiger partial charge is 0.545 e. The summed E-state index contributed by atoms with van der Waals surface area (Å²) in [4.78, 5) is 16.0. The number of rotatable bonds is 4. The van der Waals surface area contributed by atoms with Crippen LogP contribution in [-0.4, -0.2) is 22.6 Å². The Morgan fingerprint density at radius 1 is 1.16 bits per heavy atom. The predicted octanol–water partition coefficient (Wildman–Crippen LogP) is 0.437. The number of methoxy groups -OCH3 is 1. The number of aromatic carboxylic acids is 1.